The first-order valence-electron chi connectivity index (χ1n) is 9.05. The van der Waals surface area contributed by atoms with Crippen LogP contribution in [0.3, 0.4) is 0 Å². The molecule has 2 aromatic rings. The summed E-state index contributed by atoms with van der Waals surface area (Å²) in [4.78, 5) is 47.1. The molecule has 0 aromatic heterocycles. The number of carbonyl (C=O) groups excluding carboxylic acids is 3. The van der Waals surface area contributed by atoms with E-state index < -0.39 is 46.7 Å². The number of hydrogen-bond donors (Lipinski definition) is 1. The third-order valence-corrected chi connectivity index (χ3v) is 4.35. The lowest BCUT2D eigenvalue weighted by atomic mass is 10.1. The number of amides is 1. The zero-order valence-corrected chi connectivity index (χ0v) is 16.4. The van der Waals surface area contributed by atoms with Gasteiger partial charge in [0.25, 0.3) is 11.6 Å². The second kappa shape index (κ2) is 9.57. The van der Waals surface area contributed by atoms with Crippen LogP contribution in [0.4, 0.5) is 5.69 Å². The molecule has 3 rings (SSSR count). The van der Waals surface area contributed by atoms with Crippen molar-refractivity contribution in [3.05, 3.63) is 63.7 Å². The fourth-order valence-electron chi connectivity index (χ4n) is 2.88. The van der Waals surface area contributed by atoms with Crippen LogP contribution in [0.2, 0.25) is 0 Å². The van der Waals surface area contributed by atoms with E-state index in [0.29, 0.717) is 0 Å². The van der Waals surface area contributed by atoms with Crippen molar-refractivity contribution in [3.63, 3.8) is 0 Å². The van der Waals surface area contributed by atoms with Crippen LogP contribution in [0.15, 0.2) is 42.5 Å². The molecular formula is C20H18N2O9. The maximum atomic E-state index is 12.3. The summed E-state index contributed by atoms with van der Waals surface area (Å²) in [6.45, 7) is -0.892. The van der Waals surface area contributed by atoms with Crippen molar-refractivity contribution in [3.8, 4) is 11.5 Å². The second-order valence-corrected chi connectivity index (χ2v) is 6.39. The minimum Gasteiger partial charge on any atom is -0.467 e. The van der Waals surface area contributed by atoms with Crippen LogP contribution in [0, 0.1) is 10.1 Å². The Labute approximate surface area is 176 Å². The van der Waals surface area contributed by atoms with Gasteiger partial charge in [-0.3, -0.25) is 14.9 Å². The van der Waals surface area contributed by atoms with Crippen molar-refractivity contribution >= 4 is 23.5 Å². The normalized spacial score (nSPS) is 12.5. The Morgan fingerprint density at radius 2 is 1.84 bits per heavy atom. The van der Waals surface area contributed by atoms with E-state index in [9.17, 15) is 24.5 Å². The van der Waals surface area contributed by atoms with Gasteiger partial charge in [-0.25, -0.2) is 9.59 Å². The van der Waals surface area contributed by atoms with Crippen LogP contribution in [0.1, 0.15) is 15.9 Å². The van der Waals surface area contributed by atoms with Gasteiger partial charge in [-0.1, -0.05) is 30.3 Å². The van der Waals surface area contributed by atoms with Gasteiger partial charge in [-0.2, -0.15) is 0 Å². The van der Waals surface area contributed by atoms with E-state index >= 15 is 0 Å². The Morgan fingerprint density at radius 3 is 2.48 bits per heavy atom. The highest BCUT2D eigenvalue weighted by Gasteiger charge is 2.29. The first-order valence-corrected chi connectivity index (χ1v) is 9.05. The molecule has 1 N–H and O–H groups in total. The lowest BCUT2D eigenvalue weighted by Gasteiger charge is -2.16. The summed E-state index contributed by atoms with van der Waals surface area (Å²) in [5.41, 5.74) is -0.159. The van der Waals surface area contributed by atoms with Gasteiger partial charge in [-0.05, 0) is 5.56 Å². The van der Waals surface area contributed by atoms with Crippen molar-refractivity contribution in [2.24, 2.45) is 0 Å². The van der Waals surface area contributed by atoms with Crippen LogP contribution >= 0.6 is 0 Å². The second-order valence-electron chi connectivity index (χ2n) is 6.39. The van der Waals surface area contributed by atoms with Crippen LogP contribution in [-0.4, -0.2) is 49.3 Å². The molecule has 1 heterocycles. The Kier molecular flexibility index (Phi) is 6.65. The predicted octanol–water partition coefficient (Wildman–Crippen LogP) is 1.38. The molecule has 1 amide bonds. The van der Waals surface area contributed by atoms with E-state index in [1.165, 1.54) is 7.11 Å². The maximum Gasteiger partial charge on any atom is 0.345 e. The first kappa shape index (κ1) is 21.6. The van der Waals surface area contributed by atoms with E-state index in [-0.39, 0.29) is 24.7 Å². The summed E-state index contributed by atoms with van der Waals surface area (Å²) < 4.78 is 19.8. The van der Waals surface area contributed by atoms with Gasteiger partial charge in [0, 0.05) is 12.5 Å². The molecule has 1 atom stereocenters. The summed E-state index contributed by atoms with van der Waals surface area (Å²) in [6, 6.07) is 10.1. The molecule has 0 saturated heterocycles. The highest BCUT2D eigenvalue weighted by atomic mass is 16.7. The van der Waals surface area contributed by atoms with E-state index in [2.05, 4.69) is 5.32 Å². The molecule has 11 nitrogen and oxygen atoms in total. The number of nitrogens with one attached hydrogen (secondary N) is 1. The Balaban J connectivity index is 1.65. The van der Waals surface area contributed by atoms with Gasteiger partial charge >= 0.3 is 11.9 Å². The van der Waals surface area contributed by atoms with Gasteiger partial charge in [-0.15, -0.1) is 0 Å². The Hall–Kier alpha value is -4.15. The standard InChI is InChI=1S/C20H18N2O9/c1-28-20(25)14(7-12-5-3-2-4-6-12)21-18(23)10-29-19(24)13-8-16-17(31-11-30-16)9-15(13)22(26)27/h2-6,8-9,14H,7,10-11H2,1H3,(H,21,23). The molecule has 1 unspecified atom stereocenters. The van der Waals surface area contributed by atoms with Crippen molar-refractivity contribution in [1.82, 2.24) is 5.32 Å². The van der Waals surface area contributed by atoms with E-state index in [4.69, 9.17) is 18.9 Å². The lowest BCUT2D eigenvalue weighted by Crippen LogP contribution is -2.44. The van der Waals surface area contributed by atoms with Gasteiger partial charge in [0.1, 0.15) is 11.6 Å². The van der Waals surface area contributed by atoms with E-state index in [1.54, 1.807) is 24.3 Å². The number of ether oxygens (including phenoxy) is 4. The number of nitrogens with zero attached hydrogens (tertiary/aromatic N) is 1. The molecule has 162 valence electrons. The Morgan fingerprint density at radius 1 is 1.16 bits per heavy atom. The van der Waals surface area contributed by atoms with Crippen molar-refractivity contribution in [1.29, 1.82) is 0 Å². The summed E-state index contributed by atoms with van der Waals surface area (Å²) in [5, 5.41) is 13.7. The van der Waals surface area contributed by atoms with E-state index in [0.717, 1.165) is 17.7 Å². The highest BCUT2D eigenvalue weighted by molar-refractivity contribution is 5.96. The molecule has 1 aliphatic rings. The molecule has 0 bridgehead atoms. The van der Waals surface area contributed by atoms with Crippen LogP contribution in [0.5, 0.6) is 11.5 Å². The summed E-state index contributed by atoms with van der Waals surface area (Å²) in [6.07, 6.45) is 0.167. The van der Waals surface area contributed by atoms with Gasteiger partial charge in [0.15, 0.2) is 18.1 Å². The average Bonchev–Trinajstić information content (AvgIpc) is 3.24. The van der Waals surface area contributed by atoms with Crippen molar-refractivity contribution in [2.75, 3.05) is 20.5 Å². The summed E-state index contributed by atoms with van der Waals surface area (Å²) >= 11 is 0. The fourth-order valence-corrected chi connectivity index (χ4v) is 2.88. The fraction of sp³-hybridized carbons (Fsp3) is 0.250. The smallest absolute Gasteiger partial charge is 0.345 e. The summed E-state index contributed by atoms with van der Waals surface area (Å²) in [7, 11) is 1.19. The molecule has 0 saturated carbocycles. The maximum absolute atomic E-state index is 12.3. The minimum atomic E-state index is -1.10. The van der Waals surface area contributed by atoms with Gasteiger partial charge in [0.2, 0.25) is 6.79 Å². The van der Waals surface area contributed by atoms with Crippen LogP contribution in [-0.2, 0) is 25.5 Å². The number of fused-ring (bicyclic) bond motifs is 1. The third-order valence-electron chi connectivity index (χ3n) is 4.35. The number of carbonyl (C=O) groups is 3. The quantitative estimate of drug-likeness (QED) is 0.373. The Bertz CT molecular complexity index is 1010. The number of esters is 2. The number of hydrogen-bond acceptors (Lipinski definition) is 9. The first-order chi connectivity index (χ1) is 14.9. The molecular weight excluding hydrogens is 412 g/mol. The lowest BCUT2D eigenvalue weighted by molar-refractivity contribution is -0.385. The summed E-state index contributed by atoms with van der Waals surface area (Å²) in [5.74, 6) is -2.27. The number of nitro groups is 1. The molecule has 2 aromatic carbocycles. The zero-order chi connectivity index (χ0) is 22.4. The molecule has 0 aliphatic carbocycles. The highest BCUT2D eigenvalue weighted by Crippen LogP contribution is 2.38. The average molecular weight is 430 g/mol. The molecule has 31 heavy (non-hydrogen) atoms. The third kappa shape index (κ3) is 5.26. The number of methoxy groups -OCH3 is 1. The van der Waals surface area contributed by atoms with Crippen molar-refractivity contribution < 1.29 is 38.3 Å². The molecule has 0 fully saturated rings. The number of rotatable bonds is 8. The monoisotopic (exact) mass is 430 g/mol. The molecule has 1 aliphatic heterocycles. The van der Waals surface area contributed by atoms with Crippen LogP contribution < -0.4 is 14.8 Å². The SMILES string of the molecule is COC(=O)C(Cc1ccccc1)NC(=O)COC(=O)c1cc2c(cc1[N+](=O)[O-])OCO2. The largest absolute Gasteiger partial charge is 0.467 e. The van der Waals surface area contributed by atoms with Gasteiger partial charge in [0.05, 0.1) is 18.1 Å². The van der Waals surface area contributed by atoms with Gasteiger partial charge < -0.3 is 24.3 Å². The molecule has 0 radical (unpaired) electrons. The van der Waals surface area contributed by atoms with Crippen LogP contribution in [0.25, 0.3) is 0 Å². The van der Waals surface area contributed by atoms with Crippen molar-refractivity contribution in [2.45, 2.75) is 12.5 Å². The molecule has 0 spiro atoms. The minimum absolute atomic E-state index is 0.128. The number of nitro benzene ring substituents is 1. The predicted molar refractivity (Wildman–Crippen MR) is 104 cm³/mol. The zero-order valence-electron chi connectivity index (χ0n) is 16.4. The number of benzene rings is 2. The van der Waals surface area contributed by atoms with E-state index in [1.807, 2.05) is 6.07 Å². The topological polar surface area (TPSA) is 143 Å². The molecule has 11 heteroatoms.